The van der Waals surface area contributed by atoms with Crippen LogP contribution in [0.25, 0.3) is 28.2 Å². The summed E-state index contributed by atoms with van der Waals surface area (Å²) in [6.45, 7) is 37.5. The summed E-state index contributed by atoms with van der Waals surface area (Å²) in [7, 11) is 0. The molecule has 8 rings (SSSR count). The number of hydrogen-bond donors (Lipinski definition) is 0. The molecule has 0 N–H and O–H groups in total. The van der Waals surface area contributed by atoms with Gasteiger partial charge in [-0.3, -0.25) is 0 Å². The molecule has 0 radical (unpaired) electrons. The van der Waals surface area contributed by atoms with Gasteiger partial charge in [0, 0.05) is 41.8 Å². The first-order valence-electron chi connectivity index (χ1n) is 23.6. The van der Waals surface area contributed by atoms with Gasteiger partial charge >= 0.3 is 0 Å². The van der Waals surface area contributed by atoms with Crippen molar-refractivity contribution in [2.75, 3.05) is 0 Å². The molecule has 4 aliphatic rings. The van der Waals surface area contributed by atoms with Gasteiger partial charge in [-0.1, -0.05) is 140 Å². The van der Waals surface area contributed by atoms with Gasteiger partial charge in [0.25, 0.3) is 11.2 Å². The Balaban J connectivity index is 1.43. The molecular weight excluding hydrogens is 713 g/mol. The highest BCUT2D eigenvalue weighted by Gasteiger charge is 2.74. The van der Waals surface area contributed by atoms with E-state index in [0.29, 0.717) is 5.41 Å². The lowest BCUT2D eigenvalue weighted by molar-refractivity contribution is -0.779. The smallest absolute Gasteiger partial charge is 0.181 e. The predicted octanol–water partition coefficient (Wildman–Crippen LogP) is 14.5. The average Bonchev–Trinajstić information content (AvgIpc) is 3.23. The Hall–Kier alpha value is -3.52. The van der Waals surface area contributed by atoms with Crippen molar-refractivity contribution in [2.24, 2.45) is 10.8 Å². The summed E-state index contributed by atoms with van der Waals surface area (Å²) in [5.74, 6) is 0. The molecule has 4 aromatic rings. The molecule has 0 amide bonds. The number of rotatable bonds is 8. The molecular formula is C57H78N2+2. The Bertz CT molecular complexity index is 2350. The van der Waals surface area contributed by atoms with Crippen molar-refractivity contribution in [3.63, 3.8) is 0 Å². The number of benzene rings is 2. The number of unbranched alkanes of at least 4 members (excludes halogenated alkanes) is 2. The SMILES string of the molecule is CCCCCC1(C)CC(C)(C)c2cc3c(cc2C(C)(C)C1)C1(CC)C=C([n+]2cc4c(cc2-c2ccccc2C)C(C)(C)CC(C)(C)CC4(C)C)C1(CC)[n+]1ccccc1-3. The monoisotopic (exact) mass is 791 g/mol. The fourth-order valence-corrected chi connectivity index (χ4v) is 15.0. The van der Waals surface area contributed by atoms with E-state index in [1.54, 1.807) is 16.7 Å². The first-order chi connectivity index (χ1) is 27.5. The van der Waals surface area contributed by atoms with E-state index in [1.165, 1.54) is 89.8 Å². The molecule has 2 nitrogen and oxygen atoms in total. The van der Waals surface area contributed by atoms with Crippen molar-refractivity contribution in [3.05, 3.63) is 113 Å². The molecule has 1 aliphatic heterocycles. The summed E-state index contributed by atoms with van der Waals surface area (Å²) < 4.78 is 5.44. The van der Waals surface area contributed by atoms with Crippen molar-refractivity contribution >= 4 is 5.70 Å². The quantitative estimate of drug-likeness (QED) is 0.0954. The molecule has 3 heterocycles. The number of allylic oxidation sites excluding steroid dienone is 2. The molecule has 2 heteroatoms. The molecule has 3 atom stereocenters. The number of hydrogen-bond acceptors (Lipinski definition) is 0. The van der Waals surface area contributed by atoms with Crippen molar-refractivity contribution in [3.8, 4) is 22.5 Å². The van der Waals surface area contributed by atoms with Gasteiger partial charge in [0.1, 0.15) is 0 Å². The van der Waals surface area contributed by atoms with Crippen molar-refractivity contribution in [1.29, 1.82) is 0 Å². The number of aromatic nitrogens is 2. The summed E-state index contributed by atoms with van der Waals surface area (Å²) in [6, 6.07) is 24.2. The maximum Gasteiger partial charge on any atom is 0.264 e. The Labute approximate surface area is 360 Å². The van der Waals surface area contributed by atoms with Gasteiger partial charge in [0.05, 0.1) is 11.0 Å². The third-order valence-electron chi connectivity index (χ3n) is 16.4. The van der Waals surface area contributed by atoms with Gasteiger partial charge in [-0.05, 0) is 124 Å². The van der Waals surface area contributed by atoms with Crippen LogP contribution < -0.4 is 9.13 Å². The van der Waals surface area contributed by atoms with Gasteiger partial charge in [-0.25, -0.2) is 0 Å². The Kier molecular flexibility index (Phi) is 9.83. The second-order valence-electron chi connectivity index (χ2n) is 23.8. The lowest BCUT2D eigenvalue weighted by atomic mass is 9.49. The largest absolute Gasteiger partial charge is 0.264 e. The number of pyridine rings is 2. The van der Waals surface area contributed by atoms with Gasteiger partial charge in [0.15, 0.2) is 12.4 Å². The fraction of sp³-hybridized carbons (Fsp3) is 0.579. The molecule has 0 saturated carbocycles. The van der Waals surface area contributed by atoms with E-state index in [1.807, 2.05) is 0 Å². The fourth-order valence-electron chi connectivity index (χ4n) is 15.0. The highest BCUT2D eigenvalue weighted by molar-refractivity contribution is 5.78. The van der Waals surface area contributed by atoms with Gasteiger partial charge < -0.3 is 0 Å². The second kappa shape index (κ2) is 13.7. The zero-order chi connectivity index (χ0) is 42.8. The molecule has 314 valence electrons. The standard InChI is InChI=1S/C57H78N2/c1-16-19-23-28-55(15)37-53(11,12)43-30-41-42(31-44(43)54(13,14)38-55)56(17-2)33-49(57(56,18-3)59-29-24-22-27-47(41)59)58-34-46-45(32-48(58)40-26-21-20-25-39(40)4)51(7,8)35-50(5,6)36-52(46,9)10/h20-22,24-27,29-34H,16-19,23,28,35-38H2,1-15H3/q+2. The average molecular weight is 791 g/mol. The third-order valence-corrected chi connectivity index (χ3v) is 16.4. The lowest BCUT2D eigenvalue weighted by Crippen LogP contribution is -2.77. The van der Waals surface area contributed by atoms with E-state index in [0.717, 1.165) is 19.3 Å². The molecule has 3 aliphatic carbocycles. The second-order valence-corrected chi connectivity index (χ2v) is 23.8. The maximum absolute atomic E-state index is 2.76. The highest BCUT2D eigenvalue weighted by atomic mass is 15.2. The van der Waals surface area contributed by atoms with Crippen LogP contribution in [0.3, 0.4) is 0 Å². The van der Waals surface area contributed by atoms with Crippen LogP contribution in [-0.4, -0.2) is 0 Å². The Morgan fingerprint density at radius 3 is 1.78 bits per heavy atom. The van der Waals surface area contributed by atoms with Crippen LogP contribution >= 0.6 is 0 Å². The summed E-state index contributed by atoms with van der Waals surface area (Å²) in [6.07, 6.45) is 19.9. The van der Waals surface area contributed by atoms with Crippen molar-refractivity contribution in [2.45, 2.75) is 201 Å². The summed E-state index contributed by atoms with van der Waals surface area (Å²) >= 11 is 0. The Morgan fingerprint density at radius 2 is 1.15 bits per heavy atom. The first kappa shape index (κ1) is 42.2. The number of aryl methyl sites for hydroxylation is 1. The topological polar surface area (TPSA) is 7.76 Å². The maximum atomic E-state index is 2.76. The van der Waals surface area contributed by atoms with Gasteiger partial charge in [-0.2, -0.15) is 9.13 Å². The minimum absolute atomic E-state index is 0.0232. The van der Waals surface area contributed by atoms with Gasteiger partial charge in [-0.15, -0.1) is 0 Å². The molecule has 2 aromatic carbocycles. The summed E-state index contributed by atoms with van der Waals surface area (Å²) in [5.41, 5.74) is 16.3. The first-order valence-corrected chi connectivity index (χ1v) is 23.6. The molecule has 0 saturated heterocycles. The molecule has 3 unspecified atom stereocenters. The van der Waals surface area contributed by atoms with E-state index in [9.17, 15) is 0 Å². The molecule has 59 heavy (non-hydrogen) atoms. The number of nitrogens with zero attached hydrogens (tertiary/aromatic N) is 2. The van der Waals surface area contributed by atoms with Gasteiger partial charge in [0.2, 0.25) is 11.4 Å². The van der Waals surface area contributed by atoms with E-state index in [-0.39, 0.29) is 38.0 Å². The van der Waals surface area contributed by atoms with Crippen LogP contribution in [-0.2, 0) is 32.6 Å². The van der Waals surface area contributed by atoms with Crippen LogP contribution in [0.1, 0.15) is 195 Å². The lowest BCUT2D eigenvalue weighted by Gasteiger charge is -2.53. The summed E-state index contributed by atoms with van der Waals surface area (Å²) in [4.78, 5) is 0. The van der Waals surface area contributed by atoms with E-state index in [4.69, 9.17) is 0 Å². The van der Waals surface area contributed by atoms with Crippen LogP contribution in [0, 0.1) is 17.8 Å². The zero-order valence-electron chi connectivity index (χ0n) is 40.0. The predicted molar refractivity (Wildman–Crippen MR) is 250 cm³/mol. The molecule has 0 bridgehead atoms. The summed E-state index contributed by atoms with van der Waals surface area (Å²) in [5, 5.41) is 0. The molecule has 2 aromatic heterocycles. The highest BCUT2D eigenvalue weighted by Crippen LogP contribution is 2.63. The minimum atomic E-state index is -0.265. The minimum Gasteiger partial charge on any atom is -0.181 e. The van der Waals surface area contributed by atoms with Crippen LogP contribution in [0.5, 0.6) is 0 Å². The number of fused-ring (bicyclic) bond motifs is 8. The normalized spacial score (nSPS) is 27.7. The van der Waals surface area contributed by atoms with Crippen molar-refractivity contribution in [1.82, 2.24) is 0 Å². The van der Waals surface area contributed by atoms with Crippen molar-refractivity contribution < 1.29 is 9.13 Å². The van der Waals surface area contributed by atoms with E-state index >= 15 is 0 Å². The van der Waals surface area contributed by atoms with E-state index < -0.39 is 0 Å². The Morgan fingerprint density at radius 1 is 0.559 bits per heavy atom. The van der Waals surface area contributed by atoms with E-state index in [2.05, 4.69) is 192 Å². The van der Waals surface area contributed by atoms with Crippen LogP contribution in [0.15, 0.2) is 79.1 Å². The van der Waals surface area contributed by atoms with Crippen LogP contribution in [0.2, 0.25) is 0 Å². The third kappa shape index (κ3) is 6.29. The van der Waals surface area contributed by atoms with Crippen LogP contribution in [0.4, 0.5) is 0 Å². The zero-order valence-corrected chi connectivity index (χ0v) is 40.0. The molecule has 0 fully saturated rings. The molecule has 0 spiro atoms.